The van der Waals surface area contributed by atoms with Gasteiger partial charge in [-0.2, -0.15) is 5.10 Å². The van der Waals surface area contributed by atoms with Gasteiger partial charge in [-0.05, 0) is 42.0 Å². The molecule has 0 aliphatic heterocycles. The maximum absolute atomic E-state index is 12.3. The van der Waals surface area contributed by atoms with Gasteiger partial charge in [0.2, 0.25) is 11.0 Å². The van der Waals surface area contributed by atoms with Crippen molar-refractivity contribution in [3.8, 4) is 5.75 Å². The molecule has 2 N–H and O–H groups in total. The minimum atomic E-state index is -0.328. The first kappa shape index (κ1) is 21.9. The van der Waals surface area contributed by atoms with Crippen molar-refractivity contribution < 1.29 is 14.3 Å². The summed E-state index contributed by atoms with van der Waals surface area (Å²) >= 11 is 1.13. The summed E-state index contributed by atoms with van der Waals surface area (Å²) in [6, 6.07) is 14.4. The molecule has 3 rings (SSSR count). The molecule has 1 aromatic heterocycles. The molecule has 0 unspecified atom stereocenters. The summed E-state index contributed by atoms with van der Waals surface area (Å²) in [6.45, 7) is 0. The third-order valence-electron chi connectivity index (χ3n) is 4.16. The smallest absolute Gasteiger partial charge is 0.257 e. The number of carbonyl (C=O) groups excluding carboxylic acids is 2. The van der Waals surface area contributed by atoms with Crippen LogP contribution in [0.2, 0.25) is 0 Å². The molecule has 0 saturated heterocycles. The second-order valence-electron chi connectivity index (χ2n) is 6.64. The zero-order chi connectivity index (χ0) is 22.2. The van der Waals surface area contributed by atoms with E-state index in [2.05, 4.69) is 26.0 Å². The number of carbonyl (C=O) groups is 2. The molecular weight excluding hydrogens is 416 g/mol. The Balaban J connectivity index is 1.49. The maximum atomic E-state index is 12.3. The first-order valence-corrected chi connectivity index (χ1v) is 10.1. The molecule has 0 aliphatic rings. The molecule has 0 spiro atoms. The highest BCUT2D eigenvalue weighted by molar-refractivity contribution is 7.15. The van der Waals surface area contributed by atoms with E-state index in [0.29, 0.717) is 21.5 Å². The average molecular weight is 439 g/mol. The molecule has 0 fully saturated rings. The lowest BCUT2D eigenvalue weighted by atomic mass is 10.2. The fourth-order valence-corrected chi connectivity index (χ4v) is 3.23. The Morgan fingerprint density at radius 2 is 1.81 bits per heavy atom. The first-order valence-electron chi connectivity index (χ1n) is 9.31. The molecule has 9 nitrogen and oxygen atoms in total. The molecular formula is C21H22N6O3S. The van der Waals surface area contributed by atoms with Crippen LogP contribution in [-0.4, -0.2) is 49.4 Å². The van der Waals surface area contributed by atoms with Gasteiger partial charge in [0.05, 0.1) is 19.7 Å². The van der Waals surface area contributed by atoms with Gasteiger partial charge in [-0.15, -0.1) is 10.2 Å². The van der Waals surface area contributed by atoms with Crippen LogP contribution in [0.1, 0.15) is 20.9 Å². The Morgan fingerprint density at radius 1 is 1.10 bits per heavy atom. The van der Waals surface area contributed by atoms with Crippen molar-refractivity contribution in [3.63, 3.8) is 0 Å². The number of anilines is 2. The lowest BCUT2D eigenvalue weighted by molar-refractivity contribution is -0.120. The highest BCUT2D eigenvalue weighted by atomic mass is 32.1. The minimum absolute atomic E-state index is 0.00692. The fourth-order valence-electron chi connectivity index (χ4n) is 2.50. The van der Waals surface area contributed by atoms with Crippen molar-refractivity contribution in [2.24, 2.45) is 5.10 Å². The normalized spacial score (nSPS) is 10.7. The maximum Gasteiger partial charge on any atom is 0.257 e. The lowest BCUT2D eigenvalue weighted by Gasteiger charge is -2.11. The molecule has 0 saturated carbocycles. The van der Waals surface area contributed by atoms with Gasteiger partial charge in [-0.1, -0.05) is 23.5 Å². The van der Waals surface area contributed by atoms with Crippen LogP contribution in [-0.2, 0) is 11.2 Å². The van der Waals surface area contributed by atoms with Crippen LogP contribution in [0, 0.1) is 0 Å². The van der Waals surface area contributed by atoms with Gasteiger partial charge in [-0.3, -0.25) is 14.9 Å². The Morgan fingerprint density at radius 3 is 2.45 bits per heavy atom. The topological polar surface area (TPSA) is 109 Å². The second-order valence-corrected chi connectivity index (χ2v) is 7.70. The van der Waals surface area contributed by atoms with E-state index >= 15 is 0 Å². The molecule has 3 aromatic rings. The van der Waals surface area contributed by atoms with Gasteiger partial charge in [0.25, 0.3) is 5.91 Å². The van der Waals surface area contributed by atoms with E-state index < -0.39 is 0 Å². The Kier molecular flexibility index (Phi) is 7.28. The highest BCUT2D eigenvalue weighted by Crippen LogP contribution is 2.18. The number of aromatic nitrogens is 2. The van der Waals surface area contributed by atoms with Gasteiger partial charge >= 0.3 is 0 Å². The van der Waals surface area contributed by atoms with Crippen molar-refractivity contribution in [2.75, 3.05) is 31.4 Å². The third kappa shape index (κ3) is 6.34. The van der Waals surface area contributed by atoms with Crippen LogP contribution in [0.25, 0.3) is 0 Å². The summed E-state index contributed by atoms with van der Waals surface area (Å²) in [5.41, 5.74) is 4.87. The molecule has 160 valence electrons. The Labute approximate surface area is 183 Å². The van der Waals surface area contributed by atoms with E-state index in [0.717, 1.165) is 22.6 Å². The molecule has 0 radical (unpaired) electrons. The van der Waals surface area contributed by atoms with E-state index in [4.69, 9.17) is 4.74 Å². The monoisotopic (exact) mass is 438 g/mol. The summed E-state index contributed by atoms with van der Waals surface area (Å²) in [7, 11) is 5.49. The molecule has 0 atom stereocenters. The largest absolute Gasteiger partial charge is 0.497 e. The van der Waals surface area contributed by atoms with Crippen molar-refractivity contribution >= 4 is 40.2 Å². The van der Waals surface area contributed by atoms with E-state index in [1.807, 2.05) is 43.3 Å². The molecule has 1 heterocycles. The number of nitrogens with zero attached hydrogens (tertiary/aromatic N) is 4. The molecule has 0 bridgehead atoms. The summed E-state index contributed by atoms with van der Waals surface area (Å²) in [5.74, 6) is 0.0130. The number of hydrogen-bond donors (Lipinski definition) is 2. The van der Waals surface area contributed by atoms with Crippen LogP contribution < -0.4 is 20.4 Å². The number of hydrazone groups is 1. The van der Waals surface area contributed by atoms with Crippen LogP contribution in [0.15, 0.2) is 53.6 Å². The van der Waals surface area contributed by atoms with E-state index in [1.165, 1.54) is 0 Å². The van der Waals surface area contributed by atoms with E-state index in [9.17, 15) is 9.59 Å². The SMILES string of the molecule is COc1ccc(C(=O)Nc2nnc(CC(=O)N/N=C/c3ccc(N(C)C)cc3)s2)cc1. The summed E-state index contributed by atoms with van der Waals surface area (Å²) < 4.78 is 5.07. The van der Waals surface area contributed by atoms with Crippen LogP contribution in [0.4, 0.5) is 10.8 Å². The summed E-state index contributed by atoms with van der Waals surface area (Å²) in [5, 5.41) is 15.3. The van der Waals surface area contributed by atoms with Crippen molar-refractivity contribution in [3.05, 3.63) is 64.7 Å². The zero-order valence-electron chi connectivity index (χ0n) is 17.3. The zero-order valence-corrected chi connectivity index (χ0v) is 18.1. The first-order chi connectivity index (χ1) is 14.9. The van der Waals surface area contributed by atoms with Gasteiger partial charge in [-0.25, -0.2) is 5.43 Å². The molecule has 2 amide bonds. The number of ether oxygens (including phenoxy) is 1. The van der Waals surface area contributed by atoms with Gasteiger partial charge in [0.1, 0.15) is 10.8 Å². The average Bonchev–Trinajstić information content (AvgIpc) is 3.20. The predicted molar refractivity (Wildman–Crippen MR) is 121 cm³/mol. The van der Waals surface area contributed by atoms with Crippen molar-refractivity contribution in [1.82, 2.24) is 15.6 Å². The molecule has 0 aliphatic carbocycles. The highest BCUT2D eigenvalue weighted by Gasteiger charge is 2.12. The van der Waals surface area contributed by atoms with Crippen molar-refractivity contribution in [1.29, 1.82) is 0 Å². The van der Waals surface area contributed by atoms with Crippen LogP contribution >= 0.6 is 11.3 Å². The predicted octanol–water partition coefficient (Wildman–Crippen LogP) is 2.56. The van der Waals surface area contributed by atoms with Gasteiger partial charge in [0, 0.05) is 25.3 Å². The van der Waals surface area contributed by atoms with Crippen molar-refractivity contribution in [2.45, 2.75) is 6.42 Å². The summed E-state index contributed by atoms with van der Waals surface area (Å²) in [4.78, 5) is 26.3. The number of benzene rings is 2. The van der Waals surface area contributed by atoms with E-state index in [-0.39, 0.29) is 18.2 Å². The number of hydrogen-bond acceptors (Lipinski definition) is 8. The standard InChI is InChI=1S/C21H22N6O3S/c1-27(2)16-8-4-14(5-9-16)13-22-24-18(28)12-19-25-26-21(31-19)23-20(29)15-6-10-17(30-3)11-7-15/h4-11,13H,12H2,1-3H3,(H,24,28)(H,23,26,29)/b22-13+. The molecule has 10 heteroatoms. The number of rotatable bonds is 8. The number of methoxy groups -OCH3 is 1. The fraction of sp³-hybridized carbons (Fsp3) is 0.190. The lowest BCUT2D eigenvalue weighted by Crippen LogP contribution is -2.19. The second kappa shape index (κ2) is 10.3. The van der Waals surface area contributed by atoms with E-state index in [1.54, 1.807) is 37.6 Å². The third-order valence-corrected chi connectivity index (χ3v) is 5.00. The van der Waals surface area contributed by atoms with Crippen LogP contribution in [0.5, 0.6) is 5.75 Å². The number of amides is 2. The quantitative estimate of drug-likeness (QED) is 0.413. The Bertz CT molecular complexity index is 1060. The number of nitrogens with one attached hydrogen (secondary N) is 2. The van der Waals surface area contributed by atoms with Gasteiger partial charge in [0.15, 0.2) is 0 Å². The molecule has 31 heavy (non-hydrogen) atoms. The van der Waals surface area contributed by atoms with Gasteiger partial charge < -0.3 is 9.64 Å². The Hall–Kier alpha value is -3.79. The minimum Gasteiger partial charge on any atom is -0.497 e. The molecule has 2 aromatic carbocycles. The van der Waals surface area contributed by atoms with Crippen LogP contribution in [0.3, 0.4) is 0 Å². The summed E-state index contributed by atoms with van der Waals surface area (Å²) in [6.07, 6.45) is 1.57.